The molecule has 5 nitrogen and oxygen atoms in total. The van der Waals surface area contributed by atoms with Gasteiger partial charge in [0.1, 0.15) is 0 Å². The molecule has 0 saturated carbocycles. The lowest BCUT2D eigenvalue weighted by molar-refractivity contribution is -0.137. The first-order valence-electron chi connectivity index (χ1n) is 7.72. The molecule has 2 N–H and O–H groups in total. The minimum absolute atomic E-state index is 0.126. The second-order valence-corrected chi connectivity index (χ2v) is 7.76. The van der Waals surface area contributed by atoms with Crippen molar-refractivity contribution in [2.75, 3.05) is 11.3 Å². The molecule has 0 radical (unpaired) electrons. The van der Waals surface area contributed by atoms with Crippen LogP contribution in [-0.2, 0) is 27.4 Å². The van der Waals surface area contributed by atoms with Gasteiger partial charge in [0.25, 0.3) is 10.0 Å². The number of hydrogen-bond donors (Lipinski definition) is 2. The molecule has 0 aliphatic carbocycles. The lowest BCUT2D eigenvalue weighted by Gasteiger charge is -2.13. The number of benzene rings is 2. The predicted molar refractivity (Wildman–Crippen MR) is 96.1 cm³/mol. The summed E-state index contributed by atoms with van der Waals surface area (Å²) in [5.41, 5.74) is -0.584. The summed E-state index contributed by atoms with van der Waals surface area (Å²) in [5, 5.41) is 2.46. The smallest absolute Gasteiger partial charge is 0.356 e. The van der Waals surface area contributed by atoms with E-state index in [-0.39, 0.29) is 21.5 Å². The fourth-order valence-corrected chi connectivity index (χ4v) is 3.49. The molecule has 10 heteroatoms. The molecule has 0 fully saturated rings. The number of carbonyl (C=O) groups is 1. The van der Waals surface area contributed by atoms with Crippen molar-refractivity contribution in [3.05, 3.63) is 58.6 Å². The summed E-state index contributed by atoms with van der Waals surface area (Å²) >= 11 is 5.82. The summed E-state index contributed by atoms with van der Waals surface area (Å²) in [6.45, 7) is 1.79. The molecular formula is C17H16ClF3N2O3S. The van der Waals surface area contributed by atoms with Crippen LogP contribution in [0.5, 0.6) is 0 Å². The number of rotatable bonds is 6. The SMILES string of the molecule is CC(=O)NCCc1ccc(S(=O)(=O)Nc2cc(C(F)(F)F)ccc2Cl)cc1. The second-order valence-electron chi connectivity index (χ2n) is 5.67. The van der Waals surface area contributed by atoms with E-state index in [4.69, 9.17) is 11.6 Å². The van der Waals surface area contributed by atoms with Crippen LogP contribution in [0.1, 0.15) is 18.1 Å². The lowest BCUT2D eigenvalue weighted by Crippen LogP contribution is -2.22. The van der Waals surface area contributed by atoms with Crippen LogP contribution in [0.2, 0.25) is 5.02 Å². The number of sulfonamides is 1. The maximum absolute atomic E-state index is 12.8. The van der Waals surface area contributed by atoms with Crippen LogP contribution in [0.4, 0.5) is 18.9 Å². The molecule has 0 heterocycles. The van der Waals surface area contributed by atoms with Gasteiger partial charge < -0.3 is 5.32 Å². The molecular weight excluding hydrogens is 405 g/mol. The highest BCUT2D eigenvalue weighted by molar-refractivity contribution is 7.92. The zero-order valence-corrected chi connectivity index (χ0v) is 15.7. The Labute approximate surface area is 159 Å². The van der Waals surface area contributed by atoms with Crippen LogP contribution >= 0.6 is 11.6 Å². The van der Waals surface area contributed by atoms with Gasteiger partial charge >= 0.3 is 6.18 Å². The van der Waals surface area contributed by atoms with Gasteiger partial charge in [-0.3, -0.25) is 9.52 Å². The van der Waals surface area contributed by atoms with Crippen molar-refractivity contribution >= 4 is 33.2 Å². The van der Waals surface area contributed by atoms with Crippen LogP contribution in [0.25, 0.3) is 0 Å². The molecule has 2 aromatic carbocycles. The molecule has 0 saturated heterocycles. The fourth-order valence-electron chi connectivity index (χ4n) is 2.20. The number of carbonyl (C=O) groups excluding carboxylic acids is 1. The van der Waals surface area contributed by atoms with Crippen molar-refractivity contribution in [1.82, 2.24) is 5.32 Å². The summed E-state index contributed by atoms with van der Waals surface area (Å²) < 4.78 is 65.3. The van der Waals surface area contributed by atoms with E-state index in [9.17, 15) is 26.4 Å². The van der Waals surface area contributed by atoms with E-state index < -0.39 is 21.8 Å². The van der Waals surface area contributed by atoms with Gasteiger partial charge in [-0.05, 0) is 42.3 Å². The van der Waals surface area contributed by atoms with Gasteiger partial charge in [0.05, 0.1) is 21.2 Å². The van der Waals surface area contributed by atoms with Gasteiger partial charge in [0.15, 0.2) is 0 Å². The Hall–Kier alpha value is -2.26. The van der Waals surface area contributed by atoms with E-state index in [1.165, 1.54) is 19.1 Å². The van der Waals surface area contributed by atoms with E-state index in [0.29, 0.717) is 19.0 Å². The van der Waals surface area contributed by atoms with E-state index in [1.54, 1.807) is 12.1 Å². The largest absolute Gasteiger partial charge is 0.416 e. The van der Waals surface area contributed by atoms with Crippen LogP contribution in [-0.4, -0.2) is 20.9 Å². The average molecular weight is 421 g/mol. The Morgan fingerprint density at radius 1 is 1.11 bits per heavy atom. The van der Waals surface area contributed by atoms with Gasteiger partial charge in [-0.1, -0.05) is 23.7 Å². The van der Waals surface area contributed by atoms with Crippen LogP contribution in [0.3, 0.4) is 0 Å². The molecule has 0 aliphatic heterocycles. The first kappa shape index (κ1) is 21.0. The number of hydrogen-bond acceptors (Lipinski definition) is 3. The van der Waals surface area contributed by atoms with E-state index in [2.05, 4.69) is 10.0 Å². The van der Waals surface area contributed by atoms with Crippen LogP contribution in [0, 0.1) is 0 Å². The van der Waals surface area contributed by atoms with Crippen LogP contribution in [0.15, 0.2) is 47.4 Å². The molecule has 146 valence electrons. The first-order chi connectivity index (χ1) is 12.5. The molecule has 0 spiro atoms. The summed E-state index contributed by atoms with van der Waals surface area (Å²) in [4.78, 5) is 10.7. The van der Waals surface area contributed by atoms with Crippen molar-refractivity contribution in [1.29, 1.82) is 0 Å². The molecule has 27 heavy (non-hydrogen) atoms. The normalized spacial score (nSPS) is 11.9. The Morgan fingerprint density at radius 2 is 1.74 bits per heavy atom. The molecule has 0 aromatic heterocycles. The number of alkyl halides is 3. The second kappa shape index (κ2) is 8.18. The van der Waals surface area contributed by atoms with Crippen molar-refractivity contribution in [2.45, 2.75) is 24.4 Å². The zero-order valence-electron chi connectivity index (χ0n) is 14.1. The summed E-state index contributed by atoms with van der Waals surface area (Å²) in [6.07, 6.45) is -4.12. The highest BCUT2D eigenvalue weighted by atomic mass is 35.5. The van der Waals surface area contributed by atoms with Gasteiger partial charge in [-0.25, -0.2) is 8.42 Å². The minimum atomic E-state index is -4.62. The zero-order chi connectivity index (χ0) is 20.2. The third-order valence-electron chi connectivity index (χ3n) is 3.56. The minimum Gasteiger partial charge on any atom is -0.356 e. The molecule has 2 aromatic rings. The number of halogens is 4. The highest BCUT2D eigenvalue weighted by Gasteiger charge is 2.31. The third kappa shape index (κ3) is 5.86. The monoisotopic (exact) mass is 420 g/mol. The Balaban J connectivity index is 2.18. The Kier molecular flexibility index (Phi) is 6.38. The third-order valence-corrected chi connectivity index (χ3v) is 5.27. The quantitative estimate of drug-likeness (QED) is 0.745. The van der Waals surface area contributed by atoms with Crippen molar-refractivity contribution in [2.24, 2.45) is 0 Å². The standard InChI is InChI=1S/C17H16ClF3N2O3S/c1-11(24)22-9-8-12-2-5-14(6-3-12)27(25,26)23-16-10-13(17(19,20)21)4-7-15(16)18/h2-7,10,23H,8-9H2,1H3,(H,22,24). The first-order valence-corrected chi connectivity index (χ1v) is 9.58. The Bertz CT molecular complexity index is 929. The number of amides is 1. The van der Waals surface area contributed by atoms with E-state index in [0.717, 1.165) is 17.7 Å². The van der Waals surface area contributed by atoms with Crippen molar-refractivity contribution < 1.29 is 26.4 Å². The van der Waals surface area contributed by atoms with E-state index in [1.807, 2.05) is 0 Å². The molecule has 0 bridgehead atoms. The average Bonchev–Trinajstić information content (AvgIpc) is 2.56. The molecule has 0 unspecified atom stereocenters. The topological polar surface area (TPSA) is 75.3 Å². The van der Waals surface area contributed by atoms with Gasteiger partial charge in [-0.15, -0.1) is 0 Å². The van der Waals surface area contributed by atoms with Gasteiger partial charge in [0, 0.05) is 13.5 Å². The fraction of sp³-hybridized carbons (Fsp3) is 0.235. The number of nitrogens with one attached hydrogen (secondary N) is 2. The van der Waals surface area contributed by atoms with E-state index >= 15 is 0 Å². The maximum atomic E-state index is 12.8. The van der Waals surface area contributed by atoms with Gasteiger partial charge in [-0.2, -0.15) is 13.2 Å². The lowest BCUT2D eigenvalue weighted by atomic mass is 10.1. The maximum Gasteiger partial charge on any atom is 0.416 e. The molecule has 0 aliphatic rings. The predicted octanol–water partition coefficient (Wildman–Crippen LogP) is 3.84. The molecule has 0 atom stereocenters. The summed E-state index contributed by atoms with van der Waals surface area (Å²) in [6, 6.07) is 8.16. The molecule has 1 amide bonds. The summed E-state index contributed by atoms with van der Waals surface area (Å²) in [5.74, 6) is -0.170. The summed E-state index contributed by atoms with van der Waals surface area (Å²) in [7, 11) is -4.12. The van der Waals surface area contributed by atoms with Gasteiger partial charge in [0.2, 0.25) is 5.91 Å². The van der Waals surface area contributed by atoms with Crippen molar-refractivity contribution in [3.8, 4) is 0 Å². The Morgan fingerprint density at radius 3 is 2.30 bits per heavy atom. The van der Waals surface area contributed by atoms with Crippen molar-refractivity contribution in [3.63, 3.8) is 0 Å². The number of anilines is 1. The highest BCUT2D eigenvalue weighted by Crippen LogP contribution is 2.34. The molecule has 2 rings (SSSR count). The van der Waals surface area contributed by atoms with Crippen LogP contribution < -0.4 is 10.0 Å².